The Morgan fingerprint density at radius 3 is 2.40 bits per heavy atom. The Morgan fingerprint density at radius 1 is 1.08 bits per heavy atom. The van der Waals surface area contributed by atoms with Gasteiger partial charge in [0, 0.05) is 16.0 Å². The molecule has 17 heteroatoms. The van der Waals surface area contributed by atoms with Crippen molar-refractivity contribution in [3.05, 3.63) is 106 Å². The number of H-pyrrole nitrogens is 1. The number of ether oxygens (including phenoxy) is 2. The molecular formula is C36H37N7O6S4. The number of hydrogen-bond acceptors (Lipinski definition) is 13. The Morgan fingerprint density at radius 2 is 1.77 bits per heavy atom. The molecule has 276 valence electrons. The van der Waals surface area contributed by atoms with E-state index in [0.29, 0.717) is 32.9 Å². The van der Waals surface area contributed by atoms with E-state index in [2.05, 4.69) is 31.0 Å². The van der Waals surface area contributed by atoms with Gasteiger partial charge in [0.1, 0.15) is 27.7 Å². The number of benzene rings is 2. The number of carbonyl (C=O) groups is 4. The van der Waals surface area contributed by atoms with Gasteiger partial charge >= 0.3 is 12.1 Å². The third-order valence-corrected chi connectivity index (χ3v) is 12.1. The molecule has 4 heterocycles. The van der Waals surface area contributed by atoms with Crippen molar-refractivity contribution in [2.45, 2.75) is 62.3 Å². The first kappa shape index (κ1) is 38.2. The van der Waals surface area contributed by atoms with E-state index in [9.17, 15) is 19.2 Å². The van der Waals surface area contributed by atoms with E-state index in [-0.39, 0.29) is 16.4 Å². The number of allylic oxidation sites excluding steroid dienone is 1. The highest BCUT2D eigenvalue weighted by Gasteiger charge is 2.55. The molecule has 1 fully saturated rings. The van der Waals surface area contributed by atoms with Crippen molar-refractivity contribution in [3.8, 4) is 0 Å². The van der Waals surface area contributed by atoms with Crippen LogP contribution in [0.4, 0.5) is 9.93 Å². The minimum absolute atomic E-state index is 0.161. The highest BCUT2D eigenvalue weighted by Crippen LogP contribution is 2.45. The Bertz CT molecular complexity index is 1960. The lowest BCUT2D eigenvalue weighted by Gasteiger charge is -2.49. The molecule has 0 unspecified atom stereocenters. The number of anilines is 1. The van der Waals surface area contributed by atoms with Crippen LogP contribution in [0.2, 0.25) is 0 Å². The van der Waals surface area contributed by atoms with Crippen LogP contribution in [0, 0.1) is 0 Å². The van der Waals surface area contributed by atoms with E-state index in [4.69, 9.17) is 9.47 Å². The number of nitrogens with zero attached hydrogens (tertiary/aromatic N) is 4. The summed E-state index contributed by atoms with van der Waals surface area (Å²) in [4.78, 5) is 60.8. The van der Waals surface area contributed by atoms with Crippen LogP contribution in [0.3, 0.4) is 0 Å². The largest absolute Gasteiger partial charge is 0.448 e. The summed E-state index contributed by atoms with van der Waals surface area (Å²) in [5, 5.41) is 18.6. The van der Waals surface area contributed by atoms with Gasteiger partial charge in [0.25, 0.3) is 11.8 Å². The first-order chi connectivity index (χ1) is 25.5. The fraction of sp³-hybridized carbons (Fsp3) is 0.306. The number of aromatic nitrogens is 4. The number of carbonyl (C=O) groups excluding carboxylic acids is 4. The van der Waals surface area contributed by atoms with Crippen LogP contribution in [0.1, 0.15) is 57.0 Å². The molecule has 2 aliphatic heterocycles. The van der Waals surface area contributed by atoms with Gasteiger partial charge in [-0.1, -0.05) is 85.4 Å². The molecule has 2 atom stereocenters. The van der Waals surface area contributed by atoms with Crippen LogP contribution in [-0.4, -0.2) is 77.0 Å². The van der Waals surface area contributed by atoms with Gasteiger partial charge < -0.3 is 14.8 Å². The molecule has 2 aliphatic rings. The average molecular weight is 792 g/mol. The maximum Gasteiger partial charge on any atom is 0.413 e. The van der Waals surface area contributed by atoms with Gasteiger partial charge in [0.2, 0.25) is 0 Å². The quantitative estimate of drug-likeness (QED) is 0.0425. The van der Waals surface area contributed by atoms with Crippen molar-refractivity contribution in [1.29, 1.82) is 0 Å². The molecule has 4 aromatic rings. The molecule has 2 aromatic carbocycles. The predicted molar refractivity (Wildman–Crippen MR) is 208 cm³/mol. The number of esters is 1. The third kappa shape index (κ3) is 9.33. The van der Waals surface area contributed by atoms with E-state index in [1.807, 2.05) is 67.6 Å². The maximum absolute atomic E-state index is 14.3. The SMILES string of the molecule is CCC=C(C(=O)N[C@@H]1C(=O)N2C(C(=O)OC(c3ccccc3)c3ccccc3)=C(SCSc3cn[nH]n3)CS[C@@H]12)c1csc(NC(=O)OC(C)(C)C)n1. The number of β-lactam (4-membered cyclic amide) rings is 1. The maximum atomic E-state index is 14.3. The Balaban J connectivity index is 1.21. The second-order valence-corrected chi connectivity index (χ2v) is 17.0. The molecule has 0 bridgehead atoms. The highest BCUT2D eigenvalue weighted by molar-refractivity contribution is 8.18. The smallest absolute Gasteiger partial charge is 0.413 e. The lowest BCUT2D eigenvalue weighted by Crippen LogP contribution is -2.70. The summed E-state index contributed by atoms with van der Waals surface area (Å²) in [6.07, 6.45) is 2.47. The van der Waals surface area contributed by atoms with Gasteiger partial charge in [-0.15, -0.1) is 40.0 Å². The molecule has 0 spiro atoms. The first-order valence-electron chi connectivity index (χ1n) is 16.6. The van der Waals surface area contributed by atoms with Crippen LogP contribution < -0.4 is 10.6 Å². The number of nitrogens with one attached hydrogen (secondary N) is 3. The monoisotopic (exact) mass is 791 g/mol. The molecule has 3 N–H and O–H groups in total. The number of rotatable bonds is 13. The van der Waals surface area contributed by atoms with Crippen LogP contribution in [0.25, 0.3) is 5.57 Å². The number of aromatic amines is 1. The third-order valence-electron chi connectivity index (χ3n) is 7.72. The van der Waals surface area contributed by atoms with E-state index in [1.54, 1.807) is 38.4 Å². The Hall–Kier alpha value is -4.58. The van der Waals surface area contributed by atoms with Crippen molar-refractivity contribution >= 4 is 81.2 Å². The summed E-state index contributed by atoms with van der Waals surface area (Å²) in [5.41, 5.74) is 1.65. The fourth-order valence-electron chi connectivity index (χ4n) is 5.44. The van der Waals surface area contributed by atoms with E-state index >= 15 is 0 Å². The van der Waals surface area contributed by atoms with Gasteiger partial charge in [-0.25, -0.2) is 14.6 Å². The van der Waals surface area contributed by atoms with Crippen molar-refractivity contribution in [1.82, 2.24) is 30.6 Å². The second kappa shape index (κ2) is 17.0. The summed E-state index contributed by atoms with van der Waals surface area (Å²) in [6.45, 7) is 7.15. The Labute approximate surface area is 323 Å². The molecule has 0 radical (unpaired) electrons. The molecule has 53 heavy (non-hydrogen) atoms. The van der Waals surface area contributed by atoms with Gasteiger partial charge in [-0.05, 0) is 38.3 Å². The summed E-state index contributed by atoms with van der Waals surface area (Å²) in [6, 6.07) is 18.0. The summed E-state index contributed by atoms with van der Waals surface area (Å²) >= 11 is 5.48. The Kier molecular flexibility index (Phi) is 12.3. The lowest BCUT2D eigenvalue weighted by atomic mass is 10.0. The highest BCUT2D eigenvalue weighted by atomic mass is 32.2. The molecule has 1 saturated heterocycles. The summed E-state index contributed by atoms with van der Waals surface area (Å²) < 4.78 is 11.6. The number of thioether (sulfide) groups is 3. The zero-order valence-corrected chi connectivity index (χ0v) is 32.5. The van der Waals surface area contributed by atoms with Gasteiger partial charge in [0.05, 0.1) is 22.5 Å². The predicted octanol–water partition coefficient (Wildman–Crippen LogP) is 6.83. The molecule has 2 aromatic heterocycles. The van der Waals surface area contributed by atoms with Crippen LogP contribution in [-0.2, 0) is 23.9 Å². The second-order valence-electron chi connectivity index (χ2n) is 12.6. The summed E-state index contributed by atoms with van der Waals surface area (Å²) in [7, 11) is 0. The fourth-order valence-corrected chi connectivity index (χ4v) is 9.71. The van der Waals surface area contributed by atoms with Crippen molar-refractivity contribution in [2.75, 3.05) is 16.2 Å². The number of hydrogen-bond donors (Lipinski definition) is 3. The van der Waals surface area contributed by atoms with Gasteiger partial charge in [0.15, 0.2) is 11.2 Å². The van der Waals surface area contributed by atoms with E-state index < -0.39 is 47.0 Å². The molecule has 3 amide bonds. The van der Waals surface area contributed by atoms with Crippen molar-refractivity contribution < 1.29 is 28.7 Å². The number of fused-ring (bicyclic) bond motifs is 1. The minimum atomic E-state index is -0.899. The summed E-state index contributed by atoms with van der Waals surface area (Å²) in [5.74, 6) is -1.15. The van der Waals surface area contributed by atoms with Crippen molar-refractivity contribution in [3.63, 3.8) is 0 Å². The molecule has 0 saturated carbocycles. The number of amides is 3. The van der Waals surface area contributed by atoms with Gasteiger partial charge in [-0.2, -0.15) is 10.3 Å². The molecule has 0 aliphatic carbocycles. The minimum Gasteiger partial charge on any atom is -0.448 e. The van der Waals surface area contributed by atoms with Gasteiger partial charge in [-0.3, -0.25) is 19.8 Å². The van der Waals surface area contributed by atoms with Crippen LogP contribution in [0.5, 0.6) is 0 Å². The molecular weight excluding hydrogens is 755 g/mol. The van der Waals surface area contributed by atoms with Crippen LogP contribution in [0.15, 0.2) is 93.9 Å². The topological polar surface area (TPSA) is 168 Å². The average Bonchev–Trinajstić information content (AvgIpc) is 3.84. The molecule has 13 nitrogen and oxygen atoms in total. The standard InChI is InChI=1S/C36H37N7O6S4/c1-5-12-23(24-18-51-34(38-24)40-35(47)49-36(2,3)4)30(44)39-27-31(45)43-28(25(19-50-32(27)43)52-20-53-26-17-37-42-41-26)33(46)48-29(21-13-8-6-9-14-21)22-15-10-7-11-16-22/h6-18,27,29,32H,5,19-20H2,1-4H3,(H,39,44)(H,37,41,42)(H,38,40,47)/t27-,32+/m1/s1. The van der Waals surface area contributed by atoms with E-state index in [0.717, 1.165) is 22.5 Å². The first-order valence-corrected chi connectivity index (χ1v) is 20.5. The zero-order valence-electron chi connectivity index (χ0n) is 29.2. The number of thiazole rings is 1. The van der Waals surface area contributed by atoms with Crippen LogP contribution >= 0.6 is 46.6 Å². The zero-order chi connectivity index (χ0) is 37.5. The van der Waals surface area contributed by atoms with Crippen molar-refractivity contribution in [2.24, 2.45) is 0 Å². The lowest BCUT2D eigenvalue weighted by molar-refractivity contribution is -0.154. The normalized spacial score (nSPS) is 17.3. The molecule has 6 rings (SSSR count). The van der Waals surface area contributed by atoms with E-state index in [1.165, 1.54) is 40.2 Å².